The first-order valence-electron chi connectivity index (χ1n) is 9.20. The molecule has 7 heteroatoms. The minimum atomic E-state index is -0.0679. The van der Waals surface area contributed by atoms with Gasteiger partial charge < -0.3 is 0 Å². The molecule has 3 aromatic carbocycles. The van der Waals surface area contributed by atoms with Gasteiger partial charge in [0.05, 0.1) is 22.3 Å². The summed E-state index contributed by atoms with van der Waals surface area (Å²) >= 11 is 19.7. The SMILES string of the molecule is O=c1c2ccccc2n2c(=S)sc(-c3cccc(Cl)c3)c2n1Cc1cccc(Cl)c1. The molecule has 0 saturated carbocycles. The van der Waals surface area contributed by atoms with Crippen molar-refractivity contribution in [3.63, 3.8) is 0 Å². The fraction of sp³-hybridized carbons (Fsp3) is 0.0435. The normalized spacial score (nSPS) is 11.4. The fourth-order valence-electron chi connectivity index (χ4n) is 3.70. The lowest BCUT2D eigenvalue weighted by atomic mass is 10.1. The molecule has 0 bridgehead atoms. The molecule has 30 heavy (non-hydrogen) atoms. The third kappa shape index (κ3) is 3.28. The molecule has 0 atom stereocenters. The summed E-state index contributed by atoms with van der Waals surface area (Å²) in [7, 11) is 0. The van der Waals surface area contributed by atoms with E-state index in [0.717, 1.165) is 27.2 Å². The molecule has 3 nitrogen and oxygen atoms in total. The van der Waals surface area contributed by atoms with Gasteiger partial charge in [-0.25, -0.2) is 0 Å². The maximum absolute atomic E-state index is 13.6. The quantitative estimate of drug-likeness (QED) is 0.264. The monoisotopic (exact) mass is 468 g/mol. The Labute approximate surface area is 191 Å². The maximum Gasteiger partial charge on any atom is 0.261 e. The molecular formula is C23H14Cl2N2OS2. The molecule has 0 N–H and O–H groups in total. The Bertz CT molecular complexity index is 1550. The number of hydrogen-bond acceptors (Lipinski definition) is 3. The second-order valence-corrected chi connectivity index (χ2v) is 9.42. The summed E-state index contributed by atoms with van der Waals surface area (Å²) in [5, 5.41) is 1.89. The Morgan fingerprint density at radius 1 is 0.900 bits per heavy atom. The first kappa shape index (κ1) is 19.5. The van der Waals surface area contributed by atoms with E-state index >= 15 is 0 Å². The average molecular weight is 469 g/mol. The summed E-state index contributed by atoms with van der Waals surface area (Å²) in [5.74, 6) is 0. The summed E-state index contributed by atoms with van der Waals surface area (Å²) in [6, 6.07) is 22.7. The summed E-state index contributed by atoms with van der Waals surface area (Å²) in [6.07, 6.45) is 0. The predicted octanol–water partition coefficient (Wildman–Crippen LogP) is 7.07. The van der Waals surface area contributed by atoms with Gasteiger partial charge in [-0.15, -0.1) is 11.3 Å². The zero-order valence-electron chi connectivity index (χ0n) is 15.5. The number of fused-ring (bicyclic) bond motifs is 3. The van der Waals surface area contributed by atoms with E-state index in [1.54, 1.807) is 4.57 Å². The molecule has 5 rings (SSSR count). The van der Waals surface area contributed by atoms with Crippen LogP contribution < -0.4 is 5.56 Å². The second-order valence-electron chi connectivity index (χ2n) is 6.90. The highest BCUT2D eigenvalue weighted by Crippen LogP contribution is 2.34. The molecule has 5 aromatic rings. The molecule has 0 saturated heterocycles. The molecule has 0 amide bonds. The van der Waals surface area contributed by atoms with Gasteiger partial charge in [-0.3, -0.25) is 13.8 Å². The zero-order valence-corrected chi connectivity index (χ0v) is 18.7. The smallest absolute Gasteiger partial charge is 0.261 e. The lowest BCUT2D eigenvalue weighted by Crippen LogP contribution is -2.23. The van der Waals surface area contributed by atoms with Crippen LogP contribution >= 0.6 is 46.8 Å². The van der Waals surface area contributed by atoms with Crippen LogP contribution in [0, 0.1) is 3.95 Å². The third-order valence-electron chi connectivity index (χ3n) is 4.98. The van der Waals surface area contributed by atoms with Crippen LogP contribution in [0.1, 0.15) is 5.56 Å². The lowest BCUT2D eigenvalue weighted by molar-refractivity contribution is 0.781. The standard InChI is InChI=1S/C23H14Cl2N2OS2/c24-16-7-3-5-14(11-16)13-26-21-20(15-6-4-8-17(25)12-15)30-23(29)27(21)19-10-2-1-9-18(19)22(26)28/h1-12H,13H2. The molecule has 0 radical (unpaired) electrons. The molecule has 148 valence electrons. The van der Waals surface area contributed by atoms with Crippen LogP contribution in [0.3, 0.4) is 0 Å². The molecule has 2 heterocycles. The van der Waals surface area contributed by atoms with Crippen molar-refractivity contribution in [1.82, 2.24) is 8.97 Å². The van der Waals surface area contributed by atoms with Crippen LogP contribution in [0.2, 0.25) is 10.0 Å². The maximum atomic E-state index is 13.6. The van der Waals surface area contributed by atoms with E-state index in [1.807, 2.05) is 77.2 Å². The van der Waals surface area contributed by atoms with Gasteiger partial charge in [0, 0.05) is 10.0 Å². The molecular weight excluding hydrogens is 455 g/mol. The number of halogens is 2. The Hall–Kier alpha value is -2.44. The first-order chi connectivity index (χ1) is 14.5. The van der Waals surface area contributed by atoms with E-state index < -0.39 is 0 Å². The second kappa shape index (κ2) is 7.67. The molecule has 0 aliphatic rings. The topological polar surface area (TPSA) is 26.4 Å². The van der Waals surface area contributed by atoms with Gasteiger partial charge in [0.1, 0.15) is 5.65 Å². The number of benzene rings is 3. The van der Waals surface area contributed by atoms with E-state index in [2.05, 4.69) is 0 Å². The fourth-order valence-corrected chi connectivity index (χ4v) is 5.52. The van der Waals surface area contributed by atoms with Crippen molar-refractivity contribution in [1.29, 1.82) is 0 Å². The third-order valence-corrected chi connectivity index (χ3v) is 6.86. The summed E-state index contributed by atoms with van der Waals surface area (Å²) in [4.78, 5) is 14.5. The van der Waals surface area contributed by atoms with Gasteiger partial charge in [-0.1, -0.05) is 59.6 Å². The molecule has 0 aliphatic carbocycles. The van der Waals surface area contributed by atoms with E-state index in [1.165, 1.54) is 11.3 Å². The van der Waals surface area contributed by atoms with Crippen molar-refractivity contribution < 1.29 is 0 Å². The van der Waals surface area contributed by atoms with Gasteiger partial charge >= 0.3 is 0 Å². The number of nitrogens with zero attached hydrogens (tertiary/aromatic N) is 2. The zero-order chi connectivity index (χ0) is 20.8. The Morgan fingerprint density at radius 3 is 2.40 bits per heavy atom. The summed E-state index contributed by atoms with van der Waals surface area (Å²) in [5.41, 5.74) is 3.36. The number of thiazole rings is 1. The van der Waals surface area contributed by atoms with Gasteiger partial charge in [0.2, 0.25) is 0 Å². The van der Waals surface area contributed by atoms with Crippen molar-refractivity contribution in [3.05, 3.63) is 103 Å². The number of para-hydroxylation sites is 1. The van der Waals surface area contributed by atoms with Gasteiger partial charge in [0.25, 0.3) is 5.56 Å². The summed E-state index contributed by atoms with van der Waals surface area (Å²) in [6.45, 7) is 0.382. The van der Waals surface area contributed by atoms with Crippen molar-refractivity contribution >= 4 is 63.3 Å². The predicted molar refractivity (Wildman–Crippen MR) is 129 cm³/mol. The average Bonchev–Trinajstić information content (AvgIpc) is 3.08. The van der Waals surface area contributed by atoms with E-state index in [9.17, 15) is 4.79 Å². The van der Waals surface area contributed by atoms with Crippen LogP contribution in [0.5, 0.6) is 0 Å². The Morgan fingerprint density at radius 2 is 1.63 bits per heavy atom. The van der Waals surface area contributed by atoms with Crippen molar-refractivity contribution in [2.75, 3.05) is 0 Å². The molecule has 0 spiro atoms. The minimum absolute atomic E-state index is 0.0679. The van der Waals surface area contributed by atoms with Crippen LogP contribution in [-0.2, 0) is 6.54 Å². The van der Waals surface area contributed by atoms with Gasteiger partial charge in [-0.2, -0.15) is 0 Å². The number of aromatic nitrogens is 2. The lowest BCUT2D eigenvalue weighted by Gasteiger charge is -2.14. The summed E-state index contributed by atoms with van der Waals surface area (Å²) < 4.78 is 4.43. The van der Waals surface area contributed by atoms with Gasteiger partial charge in [-0.05, 0) is 59.7 Å². The Balaban J connectivity index is 1.92. The van der Waals surface area contributed by atoms with E-state index in [0.29, 0.717) is 25.9 Å². The van der Waals surface area contributed by atoms with Crippen LogP contribution in [0.15, 0.2) is 77.6 Å². The minimum Gasteiger partial charge on any atom is -0.288 e. The van der Waals surface area contributed by atoms with Crippen molar-refractivity contribution in [2.45, 2.75) is 6.54 Å². The molecule has 0 unspecified atom stereocenters. The number of rotatable bonds is 3. The highest BCUT2D eigenvalue weighted by Gasteiger charge is 2.18. The highest BCUT2D eigenvalue weighted by atomic mass is 35.5. The van der Waals surface area contributed by atoms with Gasteiger partial charge in [0.15, 0.2) is 3.95 Å². The molecule has 0 fully saturated rings. The van der Waals surface area contributed by atoms with Crippen molar-refractivity contribution in [3.8, 4) is 10.4 Å². The first-order valence-corrected chi connectivity index (χ1v) is 11.2. The molecule has 2 aromatic heterocycles. The van der Waals surface area contributed by atoms with Crippen molar-refractivity contribution in [2.24, 2.45) is 0 Å². The van der Waals surface area contributed by atoms with E-state index in [-0.39, 0.29) is 5.56 Å². The van der Waals surface area contributed by atoms with Crippen LogP contribution in [-0.4, -0.2) is 8.97 Å². The van der Waals surface area contributed by atoms with E-state index in [4.69, 9.17) is 35.4 Å². The van der Waals surface area contributed by atoms with Crippen LogP contribution in [0.25, 0.3) is 27.0 Å². The largest absolute Gasteiger partial charge is 0.288 e. The Kier molecular flexibility index (Phi) is 4.99. The van der Waals surface area contributed by atoms with Crippen LogP contribution in [0.4, 0.5) is 0 Å². The highest BCUT2D eigenvalue weighted by molar-refractivity contribution is 7.73. The number of hydrogen-bond donors (Lipinski definition) is 0. The molecule has 0 aliphatic heterocycles.